The van der Waals surface area contributed by atoms with Crippen molar-refractivity contribution in [2.24, 2.45) is 5.92 Å². The monoisotopic (exact) mass is 428 g/mol. The molecule has 0 saturated carbocycles. The fourth-order valence-corrected chi connectivity index (χ4v) is 3.18. The molecule has 0 fully saturated rings. The standard InChI is InChI=1S/C25H24N4O3/c1-16(13-26)9-18-5-4-6-19(10-18)24(30)28-20-8-7-17(2)23(12-20)25(31)29-21-11-22(32-3)15-27-14-21/h4-8,10-12,14-16H,9H2,1-3H3,(H,28,30)(H,29,31). The molecule has 2 N–H and O–H groups in total. The van der Waals surface area contributed by atoms with Crippen LogP contribution in [-0.2, 0) is 6.42 Å². The van der Waals surface area contributed by atoms with Gasteiger partial charge in [-0.05, 0) is 55.7 Å². The zero-order chi connectivity index (χ0) is 23.1. The fourth-order valence-electron chi connectivity index (χ4n) is 3.18. The minimum atomic E-state index is -0.318. The molecule has 3 aromatic rings. The van der Waals surface area contributed by atoms with E-state index in [1.807, 2.05) is 19.9 Å². The van der Waals surface area contributed by atoms with E-state index < -0.39 is 0 Å². The molecule has 1 unspecified atom stereocenters. The van der Waals surface area contributed by atoms with Gasteiger partial charge < -0.3 is 15.4 Å². The van der Waals surface area contributed by atoms with E-state index in [-0.39, 0.29) is 17.7 Å². The largest absolute Gasteiger partial charge is 0.495 e. The first-order chi connectivity index (χ1) is 15.4. The summed E-state index contributed by atoms with van der Waals surface area (Å²) in [5, 5.41) is 14.6. The molecule has 32 heavy (non-hydrogen) atoms. The molecule has 2 amide bonds. The van der Waals surface area contributed by atoms with Crippen LogP contribution >= 0.6 is 0 Å². The Morgan fingerprint density at radius 3 is 2.59 bits per heavy atom. The summed E-state index contributed by atoms with van der Waals surface area (Å²) in [4.78, 5) is 29.6. The van der Waals surface area contributed by atoms with Crippen LogP contribution in [0.25, 0.3) is 0 Å². The number of carbonyl (C=O) groups is 2. The maximum Gasteiger partial charge on any atom is 0.256 e. The quantitative estimate of drug-likeness (QED) is 0.572. The zero-order valence-corrected chi connectivity index (χ0v) is 18.2. The van der Waals surface area contributed by atoms with Crippen molar-refractivity contribution in [1.29, 1.82) is 5.26 Å². The molecular weight excluding hydrogens is 404 g/mol. The number of carbonyl (C=O) groups excluding carboxylic acids is 2. The fraction of sp³-hybridized carbons (Fsp3) is 0.200. The van der Waals surface area contributed by atoms with E-state index in [0.717, 1.165) is 11.1 Å². The highest BCUT2D eigenvalue weighted by molar-refractivity contribution is 6.08. The molecule has 2 aromatic carbocycles. The Morgan fingerprint density at radius 1 is 1.06 bits per heavy atom. The Hall–Kier alpha value is -4.18. The van der Waals surface area contributed by atoms with Crippen molar-refractivity contribution in [1.82, 2.24) is 4.98 Å². The summed E-state index contributed by atoms with van der Waals surface area (Å²) in [6, 6.07) is 16.2. The lowest BCUT2D eigenvalue weighted by atomic mass is 10.0. The number of aryl methyl sites for hydroxylation is 1. The average molecular weight is 428 g/mol. The number of methoxy groups -OCH3 is 1. The first-order valence-electron chi connectivity index (χ1n) is 10.1. The van der Waals surface area contributed by atoms with E-state index in [1.165, 1.54) is 13.3 Å². The molecule has 7 nitrogen and oxygen atoms in total. The molecule has 0 saturated heterocycles. The van der Waals surface area contributed by atoms with Crippen molar-refractivity contribution in [3.8, 4) is 11.8 Å². The van der Waals surface area contributed by atoms with E-state index in [4.69, 9.17) is 10.00 Å². The second kappa shape index (κ2) is 10.2. The third kappa shape index (κ3) is 5.70. The van der Waals surface area contributed by atoms with Crippen LogP contribution in [-0.4, -0.2) is 23.9 Å². The van der Waals surface area contributed by atoms with Gasteiger partial charge in [0, 0.05) is 28.8 Å². The van der Waals surface area contributed by atoms with Crippen LogP contribution in [0.2, 0.25) is 0 Å². The highest BCUT2D eigenvalue weighted by Gasteiger charge is 2.14. The highest BCUT2D eigenvalue weighted by atomic mass is 16.5. The number of amides is 2. The Morgan fingerprint density at radius 2 is 1.84 bits per heavy atom. The van der Waals surface area contributed by atoms with Crippen molar-refractivity contribution >= 4 is 23.2 Å². The van der Waals surface area contributed by atoms with Crippen molar-refractivity contribution < 1.29 is 14.3 Å². The lowest BCUT2D eigenvalue weighted by molar-refractivity contribution is 0.101. The predicted octanol–water partition coefficient (Wildman–Crippen LogP) is 4.61. The van der Waals surface area contributed by atoms with Gasteiger partial charge in [-0.1, -0.05) is 18.2 Å². The number of pyridine rings is 1. The van der Waals surface area contributed by atoms with Gasteiger partial charge in [-0.15, -0.1) is 0 Å². The molecular formula is C25H24N4O3. The normalized spacial score (nSPS) is 11.2. The molecule has 1 atom stereocenters. The number of aromatic nitrogens is 1. The van der Waals surface area contributed by atoms with Gasteiger partial charge in [0.2, 0.25) is 0 Å². The van der Waals surface area contributed by atoms with Crippen LogP contribution in [0.15, 0.2) is 60.9 Å². The molecule has 0 aliphatic carbocycles. The summed E-state index contributed by atoms with van der Waals surface area (Å²) in [5.74, 6) is -0.206. The van der Waals surface area contributed by atoms with Crippen LogP contribution in [0, 0.1) is 24.2 Å². The van der Waals surface area contributed by atoms with Crippen LogP contribution in [0.4, 0.5) is 11.4 Å². The van der Waals surface area contributed by atoms with Gasteiger partial charge in [0.05, 0.1) is 31.3 Å². The number of nitrogens with zero attached hydrogens (tertiary/aromatic N) is 2. The smallest absolute Gasteiger partial charge is 0.256 e. The number of nitriles is 1. The lowest BCUT2D eigenvalue weighted by Crippen LogP contribution is -2.16. The van der Waals surface area contributed by atoms with Crippen LogP contribution in [0.1, 0.15) is 38.8 Å². The van der Waals surface area contributed by atoms with Crippen LogP contribution in [0.3, 0.4) is 0 Å². The lowest BCUT2D eigenvalue weighted by Gasteiger charge is -2.12. The van der Waals surface area contributed by atoms with Crippen LogP contribution in [0.5, 0.6) is 5.75 Å². The number of benzene rings is 2. The number of hydrogen-bond donors (Lipinski definition) is 2. The topological polar surface area (TPSA) is 104 Å². The molecule has 162 valence electrons. The van der Waals surface area contributed by atoms with E-state index in [9.17, 15) is 9.59 Å². The molecule has 0 spiro atoms. The van der Waals surface area contributed by atoms with Gasteiger partial charge in [-0.3, -0.25) is 14.6 Å². The summed E-state index contributed by atoms with van der Waals surface area (Å²) in [6.45, 7) is 3.66. The van der Waals surface area contributed by atoms with Crippen molar-refractivity contribution in [3.05, 3.63) is 83.2 Å². The van der Waals surface area contributed by atoms with E-state index >= 15 is 0 Å². The van der Waals surface area contributed by atoms with Gasteiger partial charge in [0.25, 0.3) is 11.8 Å². The molecule has 1 aromatic heterocycles. The first kappa shape index (κ1) is 22.5. The first-order valence-corrected chi connectivity index (χ1v) is 10.1. The molecule has 0 bridgehead atoms. The van der Waals surface area contributed by atoms with Gasteiger partial charge in [-0.25, -0.2) is 0 Å². The highest BCUT2D eigenvalue weighted by Crippen LogP contribution is 2.20. The second-order valence-electron chi connectivity index (χ2n) is 7.49. The number of ether oxygens (including phenoxy) is 1. The van der Waals surface area contributed by atoms with Gasteiger partial charge in [-0.2, -0.15) is 5.26 Å². The summed E-state index contributed by atoms with van der Waals surface area (Å²) < 4.78 is 5.13. The van der Waals surface area contributed by atoms with Gasteiger partial charge in [0.15, 0.2) is 0 Å². The predicted molar refractivity (Wildman–Crippen MR) is 123 cm³/mol. The molecule has 0 aliphatic rings. The SMILES string of the molecule is COc1cncc(NC(=O)c2cc(NC(=O)c3cccc(CC(C)C#N)c3)ccc2C)c1. The van der Waals surface area contributed by atoms with Gasteiger partial charge >= 0.3 is 0 Å². The van der Waals surface area contributed by atoms with Crippen LogP contribution < -0.4 is 15.4 Å². The average Bonchev–Trinajstić information content (AvgIpc) is 2.80. The third-order valence-corrected chi connectivity index (χ3v) is 4.90. The molecule has 1 heterocycles. The summed E-state index contributed by atoms with van der Waals surface area (Å²) >= 11 is 0. The summed E-state index contributed by atoms with van der Waals surface area (Å²) in [5.41, 5.74) is 3.62. The van der Waals surface area contributed by atoms with E-state index in [2.05, 4.69) is 21.7 Å². The Kier molecular flexibility index (Phi) is 7.19. The maximum atomic E-state index is 12.8. The molecule has 0 radical (unpaired) electrons. The maximum absolute atomic E-state index is 12.8. The minimum absolute atomic E-state index is 0.133. The summed E-state index contributed by atoms with van der Waals surface area (Å²) in [6.07, 6.45) is 3.65. The second-order valence-corrected chi connectivity index (χ2v) is 7.49. The summed E-state index contributed by atoms with van der Waals surface area (Å²) in [7, 11) is 1.53. The number of anilines is 2. The van der Waals surface area contributed by atoms with Crippen molar-refractivity contribution in [2.75, 3.05) is 17.7 Å². The molecule has 0 aliphatic heterocycles. The third-order valence-electron chi connectivity index (χ3n) is 4.90. The van der Waals surface area contributed by atoms with Crippen molar-refractivity contribution in [3.63, 3.8) is 0 Å². The number of rotatable bonds is 7. The van der Waals surface area contributed by atoms with Crippen molar-refractivity contribution in [2.45, 2.75) is 20.3 Å². The number of nitrogens with one attached hydrogen (secondary N) is 2. The molecule has 7 heteroatoms. The Labute approximate surface area is 187 Å². The Balaban J connectivity index is 1.75. The Bertz CT molecular complexity index is 1180. The molecule has 3 rings (SSSR count). The zero-order valence-electron chi connectivity index (χ0n) is 18.2. The van der Waals surface area contributed by atoms with Gasteiger partial charge in [0.1, 0.15) is 5.75 Å². The number of hydrogen-bond acceptors (Lipinski definition) is 5. The van der Waals surface area contributed by atoms with E-state index in [0.29, 0.717) is 34.7 Å². The van der Waals surface area contributed by atoms with E-state index in [1.54, 1.807) is 48.7 Å². The minimum Gasteiger partial charge on any atom is -0.495 e.